The average Bonchev–Trinajstić information content (AvgIpc) is 3.32. The molecule has 2 heterocycles. The van der Waals surface area contributed by atoms with Gasteiger partial charge in [-0.05, 0) is 43.3 Å². The minimum Gasteiger partial charge on any atom is -0.454 e. The van der Waals surface area contributed by atoms with Crippen LogP contribution in [0.15, 0.2) is 83.0 Å². The number of aromatic nitrogens is 2. The van der Waals surface area contributed by atoms with E-state index in [1.165, 1.54) is 0 Å². The van der Waals surface area contributed by atoms with Crippen LogP contribution in [-0.4, -0.2) is 28.0 Å². The molecular weight excluding hydrogens is 462 g/mol. The first-order chi connectivity index (χ1) is 17.0. The van der Waals surface area contributed by atoms with Crippen molar-refractivity contribution in [2.75, 3.05) is 11.9 Å². The number of thiazole rings is 1. The number of benzene rings is 3. The number of nitrogens with one attached hydrogen (secondary N) is 1. The van der Waals surface area contributed by atoms with E-state index < -0.39 is 18.5 Å². The van der Waals surface area contributed by atoms with Crippen LogP contribution >= 0.6 is 11.3 Å². The molecule has 0 spiro atoms. The molecule has 174 valence electrons. The molecular formula is C27H21N3O4S. The highest BCUT2D eigenvalue weighted by Crippen LogP contribution is 2.24. The number of esters is 1. The SMILES string of the molecule is Cc1nc(-c2cccc(NC(=O)COC(=O)Cn3c4ccccc4c(=O)c4ccccc43)c2)cs1. The van der Waals surface area contributed by atoms with Gasteiger partial charge in [0, 0.05) is 27.4 Å². The van der Waals surface area contributed by atoms with Crippen LogP contribution in [0, 0.1) is 6.92 Å². The largest absolute Gasteiger partial charge is 0.454 e. The van der Waals surface area contributed by atoms with Crippen molar-refractivity contribution in [3.63, 3.8) is 0 Å². The second kappa shape index (κ2) is 9.52. The molecule has 0 aliphatic carbocycles. The van der Waals surface area contributed by atoms with Crippen LogP contribution in [0.25, 0.3) is 33.1 Å². The van der Waals surface area contributed by atoms with Crippen molar-refractivity contribution in [3.05, 3.63) is 93.4 Å². The highest BCUT2D eigenvalue weighted by atomic mass is 32.1. The van der Waals surface area contributed by atoms with E-state index in [0.717, 1.165) is 16.3 Å². The van der Waals surface area contributed by atoms with Crippen molar-refractivity contribution in [1.29, 1.82) is 0 Å². The predicted octanol–water partition coefficient (Wildman–Crippen LogP) is 4.77. The van der Waals surface area contributed by atoms with Crippen molar-refractivity contribution < 1.29 is 14.3 Å². The summed E-state index contributed by atoms with van der Waals surface area (Å²) in [6.07, 6.45) is 0. The van der Waals surface area contributed by atoms with Crippen molar-refractivity contribution in [3.8, 4) is 11.3 Å². The maximum Gasteiger partial charge on any atom is 0.326 e. The Balaban J connectivity index is 1.29. The molecule has 1 amide bonds. The van der Waals surface area contributed by atoms with Crippen molar-refractivity contribution in [2.24, 2.45) is 0 Å². The normalized spacial score (nSPS) is 11.0. The first-order valence-electron chi connectivity index (χ1n) is 11.0. The van der Waals surface area contributed by atoms with Crippen LogP contribution in [0.1, 0.15) is 5.01 Å². The smallest absolute Gasteiger partial charge is 0.326 e. The lowest BCUT2D eigenvalue weighted by Gasteiger charge is -2.14. The van der Waals surface area contributed by atoms with Crippen LogP contribution in [0.4, 0.5) is 5.69 Å². The summed E-state index contributed by atoms with van der Waals surface area (Å²) in [5.74, 6) is -1.02. The molecule has 0 aliphatic rings. The van der Waals surface area contributed by atoms with Crippen molar-refractivity contribution in [1.82, 2.24) is 9.55 Å². The number of para-hydroxylation sites is 2. The lowest BCUT2D eigenvalue weighted by atomic mass is 10.1. The molecule has 3 aromatic carbocycles. The lowest BCUT2D eigenvalue weighted by molar-refractivity contribution is -0.147. The Morgan fingerprint density at radius 1 is 0.971 bits per heavy atom. The molecule has 0 unspecified atom stereocenters. The molecule has 0 saturated heterocycles. The van der Waals surface area contributed by atoms with Gasteiger partial charge in [0.15, 0.2) is 12.0 Å². The number of rotatable bonds is 6. The molecule has 8 heteroatoms. The Hall–Kier alpha value is -4.30. The number of pyridine rings is 1. The average molecular weight is 484 g/mol. The topological polar surface area (TPSA) is 90.3 Å². The predicted molar refractivity (Wildman–Crippen MR) is 138 cm³/mol. The number of hydrogen-bond acceptors (Lipinski definition) is 6. The Labute approximate surface area is 204 Å². The van der Waals surface area contributed by atoms with Crippen molar-refractivity contribution in [2.45, 2.75) is 13.5 Å². The maximum atomic E-state index is 12.8. The number of amides is 1. The summed E-state index contributed by atoms with van der Waals surface area (Å²) in [4.78, 5) is 42.4. The van der Waals surface area contributed by atoms with Crippen LogP contribution in [-0.2, 0) is 20.9 Å². The summed E-state index contributed by atoms with van der Waals surface area (Å²) >= 11 is 1.56. The third-order valence-corrected chi connectivity index (χ3v) is 6.37. The fraction of sp³-hybridized carbons (Fsp3) is 0.111. The minimum absolute atomic E-state index is 0.0877. The Morgan fingerprint density at radius 3 is 2.31 bits per heavy atom. The fourth-order valence-electron chi connectivity index (χ4n) is 4.02. The zero-order valence-corrected chi connectivity index (χ0v) is 19.7. The third-order valence-electron chi connectivity index (χ3n) is 5.59. The number of carbonyl (C=O) groups excluding carboxylic acids is 2. The van der Waals surface area contributed by atoms with E-state index in [2.05, 4.69) is 10.3 Å². The van der Waals surface area contributed by atoms with Gasteiger partial charge in [-0.25, -0.2) is 4.98 Å². The number of hydrogen-bond donors (Lipinski definition) is 1. The second-order valence-electron chi connectivity index (χ2n) is 7.99. The standard InChI is InChI=1S/C27H21N3O4S/c1-17-28-22(16-35-17)18-7-6-8-19(13-18)29-25(31)15-34-26(32)14-30-23-11-4-2-9-20(23)27(33)21-10-3-5-12-24(21)30/h2-13,16H,14-15H2,1H3,(H,29,31). The summed E-state index contributed by atoms with van der Waals surface area (Å²) < 4.78 is 7.01. The molecule has 35 heavy (non-hydrogen) atoms. The van der Waals surface area contributed by atoms with Gasteiger partial charge in [-0.1, -0.05) is 36.4 Å². The Bertz CT molecular complexity index is 1580. The second-order valence-corrected chi connectivity index (χ2v) is 9.05. The van der Waals surface area contributed by atoms with E-state index in [0.29, 0.717) is 27.5 Å². The highest BCUT2D eigenvalue weighted by Gasteiger charge is 2.15. The molecule has 2 aromatic heterocycles. The van der Waals surface area contributed by atoms with Gasteiger partial charge in [0.25, 0.3) is 5.91 Å². The zero-order chi connectivity index (χ0) is 24.4. The van der Waals surface area contributed by atoms with Gasteiger partial charge < -0.3 is 14.6 Å². The summed E-state index contributed by atoms with van der Waals surface area (Å²) in [5.41, 5.74) is 3.50. The summed E-state index contributed by atoms with van der Waals surface area (Å²) in [6, 6.07) is 21.6. The van der Waals surface area contributed by atoms with E-state index in [-0.39, 0.29) is 12.0 Å². The molecule has 7 nitrogen and oxygen atoms in total. The molecule has 0 aliphatic heterocycles. The van der Waals surface area contributed by atoms with E-state index in [9.17, 15) is 14.4 Å². The van der Waals surface area contributed by atoms with Gasteiger partial charge in [0.05, 0.1) is 21.7 Å². The number of ether oxygens (including phenoxy) is 1. The molecule has 0 fully saturated rings. The van der Waals surface area contributed by atoms with Crippen LogP contribution in [0.3, 0.4) is 0 Å². The first-order valence-corrected chi connectivity index (χ1v) is 11.9. The molecule has 0 saturated carbocycles. The van der Waals surface area contributed by atoms with E-state index in [1.54, 1.807) is 58.4 Å². The zero-order valence-electron chi connectivity index (χ0n) is 18.9. The van der Waals surface area contributed by atoms with Gasteiger partial charge in [0.2, 0.25) is 0 Å². The van der Waals surface area contributed by atoms with E-state index in [4.69, 9.17) is 4.74 Å². The van der Waals surface area contributed by atoms with Gasteiger partial charge in [-0.2, -0.15) is 0 Å². The quantitative estimate of drug-likeness (QED) is 0.278. The van der Waals surface area contributed by atoms with Gasteiger partial charge >= 0.3 is 5.97 Å². The maximum absolute atomic E-state index is 12.8. The molecule has 5 rings (SSSR count). The highest BCUT2D eigenvalue weighted by molar-refractivity contribution is 7.09. The molecule has 0 atom stereocenters. The molecule has 5 aromatic rings. The van der Waals surface area contributed by atoms with Gasteiger partial charge in [0.1, 0.15) is 6.54 Å². The monoisotopic (exact) mass is 483 g/mol. The van der Waals surface area contributed by atoms with Gasteiger partial charge in [-0.15, -0.1) is 11.3 Å². The van der Waals surface area contributed by atoms with Gasteiger partial charge in [-0.3, -0.25) is 14.4 Å². The summed E-state index contributed by atoms with van der Waals surface area (Å²) in [7, 11) is 0. The van der Waals surface area contributed by atoms with Crippen LogP contribution in [0.2, 0.25) is 0 Å². The minimum atomic E-state index is -0.578. The number of fused-ring (bicyclic) bond motifs is 2. The van der Waals surface area contributed by atoms with Crippen molar-refractivity contribution >= 4 is 50.7 Å². The Kier molecular flexibility index (Phi) is 6.12. The van der Waals surface area contributed by atoms with E-state index >= 15 is 0 Å². The number of nitrogens with zero attached hydrogens (tertiary/aromatic N) is 2. The van der Waals surface area contributed by atoms with Crippen LogP contribution in [0.5, 0.6) is 0 Å². The first kappa shape index (κ1) is 22.5. The Morgan fingerprint density at radius 2 is 1.66 bits per heavy atom. The molecule has 1 N–H and O–H groups in total. The third kappa shape index (κ3) is 4.69. The fourth-order valence-corrected chi connectivity index (χ4v) is 4.64. The number of aryl methyl sites for hydroxylation is 1. The summed E-state index contributed by atoms with van der Waals surface area (Å²) in [5, 5.41) is 6.72. The molecule has 0 bridgehead atoms. The lowest BCUT2D eigenvalue weighted by Crippen LogP contribution is -2.24. The molecule has 0 radical (unpaired) electrons. The number of anilines is 1. The van der Waals surface area contributed by atoms with Crippen LogP contribution < -0.4 is 10.7 Å². The summed E-state index contributed by atoms with van der Waals surface area (Å²) in [6.45, 7) is 1.38. The van der Waals surface area contributed by atoms with E-state index in [1.807, 2.05) is 42.6 Å². The number of carbonyl (C=O) groups is 2.